The molecule has 1 aromatic carbocycles. The van der Waals surface area contributed by atoms with Gasteiger partial charge < -0.3 is 5.11 Å². The molecule has 0 saturated carbocycles. The highest BCUT2D eigenvalue weighted by Crippen LogP contribution is 2.32. The van der Waals surface area contributed by atoms with Gasteiger partial charge >= 0.3 is 5.97 Å². The number of hydrogen-bond acceptors (Lipinski definition) is 2. The van der Waals surface area contributed by atoms with Gasteiger partial charge in [0.2, 0.25) is 0 Å². The predicted octanol–water partition coefficient (Wildman–Crippen LogP) is 3.57. The Morgan fingerprint density at radius 3 is 2.19 bits per heavy atom. The van der Waals surface area contributed by atoms with Crippen molar-refractivity contribution >= 4 is 17.7 Å². The molecular weight excluding hydrogens is 220 g/mol. The average molecular weight is 238 g/mol. The van der Waals surface area contributed by atoms with Crippen molar-refractivity contribution < 1.29 is 9.90 Å². The number of carboxylic acids is 1. The summed E-state index contributed by atoms with van der Waals surface area (Å²) < 4.78 is 0. The Labute approximate surface area is 101 Å². The molecule has 3 heteroatoms. The van der Waals surface area contributed by atoms with Crippen molar-refractivity contribution in [1.82, 2.24) is 0 Å². The summed E-state index contributed by atoms with van der Waals surface area (Å²) in [6.07, 6.45) is 0.646. The Morgan fingerprint density at radius 2 is 1.81 bits per heavy atom. The molecule has 0 aromatic heterocycles. The molecule has 0 aliphatic rings. The average Bonchev–Trinajstić information content (AvgIpc) is 2.15. The molecule has 1 atom stereocenters. The zero-order valence-electron chi connectivity index (χ0n) is 10.2. The molecule has 1 aromatic rings. The molecule has 1 rings (SSSR count). The van der Waals surface area contributed by atoms with Gasteiger partial charge in [-0.1, -0.05) is 24.6 Å². The fourth-order valence-electron chi connectivity index (χ4n) is 1.80. The van der Waals surface area contributed by atoms with E-state index in [0.29, 0.717) is 6.42 Å². The van der Waals surface area contributed by atoms with Crippen LogP contribution >= 0.6 is 11.8 Å². The van der Waals surface area contributed by atoms with Gasteiger partial charge in [-0.15, -0.1) is 11.8 Å². The molecule has 0 amide bonds. The maximum atomic E-state index is 11.0. The first-order valence-electron chi connectivity index (χ1n) is 5.43. The second-order valence-corrected chi connectivity index (χ2v) is 5.29. The Balaban J connectivity index is 3.01. The van der Waals surface area contributed by atoms with E-state index in [1.54, 1.807) is 0 Å². The Hall–Kier alpha value is -0.960. The van der Waals surface area contributed by atoms with Crippen molar-refractivity contribution in [3.8, 4) is 0 Å². The third kappa shape index (κ3) is 3.01. The molecule has 0 bridgehead atoms. The van der Waals surface area contributed by atoms with E-state index in [0.717, 1.165) is 4.90 Å². The second kappa shape index (κ2) is 5.39. The van der Waals surface area contributed by atoms with Crippen LogP contribution in [0.4, 0.5) is 0 Å². The van der Waals surface area contributed by atoms with Gasteiger partial charge in [-0.2, -0.15) is 0 Å². The zero-order valence-corrected chi connectivity index (χ0v) is 11.0. The third-order valence-corrected chi connectivity index (χ3v) is 4.21. The number of rotatable bonds is 4. The summed E-state index contributed by atoms with van der Waals surface area (Å²) in [6.45, 7) is 8.04. The molecule has 2 nitrogen and oxygen atoms in total. The number of benzene rings is 1. The molecule has 88 valence electrons. The minimum absolute atomic E-state index is 0.347. The highest BCUT2D eigenvalue weighted by Gasteiger charge is 2.18. The van der Waals surface area contributed by atoms with Crippen LogP contribution in [0.25, 0.3) is 0 Å². The van der Waals surface area contributed by atoms with Gasteiger partial charge in [-0.25, -0.2) is 0 Å². The van der Waals surface area contributed by atoms with Crippen LogP contribution in [0.15, 0.2) is 17.0 Å². The van der Waals surface area contributed by atoms with E-state index < -0.39 is 5.97 Å². The third-order valence-electron chi connectivity index (χ3n) is 2.51. The van der Waals surface area contributed by atoms with E-state index in [-0.39, 0.29) is 5.25 Å². The summed E-state index contributed by atoms with van der Waals surface area (Å²) in [5.41, 5.74) is 3.56. The summed E-state index contributed by atoms with van der Waals surface area (Å²) >= 11 is 1.46. The molecule has 0 fully saturated rings. The van der Waals surface area contributed by atoms with E-state index in [1.165, 1.54) is 28.5 Å². The number of carbonyl (C=O) groups is 1. The maximum absolute atomic E-state index is 11.0. The summed E-state index contributed by atoms with van der Waals surface area (Å²) in [7, 11) is 0. The van der Waals surface area contributed by atoms with Crippen LogP contribution in [0.3, 0.4) is 0 Å². The summed E-state index contributed by atoms with van der Waals surface area (Å²) in [5, 5.41) is 8.70. The van der Waals surface area contributed by atoms with Crippen LogP contribution in [0.2, 0.25) is 0 Å². The Bertz CT molecular complexity index is 376. The van der Waals surface area contributed by atoms with Crippen molar-refractivity contribution in [2.75, 3.05) is 0 Å². The predicted molar refractivity (Wildman–Crippen MR) is 68.2 cm³/mol. The summed E-state index contributed by atoms with van der Waals surface area (Å²) in [4.78, 5) is 12.1. The molecule has 0 heterocycles. The first kappa shape index (κ1) is 13.1. The van der Waals surface area contributed by atoms with Crippen LogP contribution in [-0.4, -0.2) is 16.3 Å². The molecule has 0 spiro atoms. The fraction of sp³-hybridized carbons (Fsp3) is 0.462. The molecule has 16 heavy (non-hydrogen) atoms. The molecule has 1 N–H and O–H groups in total. The molecule has 0 radical (unpaired) electrons. The van der Waals surface area contributed by atoms with Crippen molar-refractivity contribution in [3.63, 3.8) is 0 Å². The maximum Gasteiger partial charge on any atom is 0.316 e. The molecule has 0 aliphatic heterocycles. The Morgan fingerprint density at radius 1 is 1.31 bits per heavy atom. The fourth-order valence-corrected chi connectivity index (χ4v) is 2.84. The van der Waals surface area contributed by atoms with Crippen LogP contribution in [0.5, 0.6) is 0 Å². The van der Waals surface area contributed by atoms with E-state index in [1.807, 2.05) is 20.8 Å². The molecule has 0 aliphatic carbocycles. The van der Waals surface area contributed by atoms with E-state index >= 15 is 0 Å². The number of carboxylic acid groups (broad SMARTS) is 1. The number of aliphatic carboxylic acids is 1. The largest absolute Gasteiger partial charge is 0.480 e. The van der Waals surface area contributed by atoms with Crippen LogP contribution < -0.4 is 0 Å². The highest BCUT2D eigenvalue weighted by molar-refractivity contribution is 8.00. The summed E-state index contributed by atoms with van der Waals surface area (Å²) in [5.74, 6) is -0.730. The van der Waals surface area contributed by atoms with E-state index in [4.69, 9.17) is 5.11 Å². The lowest BCUT2D eigenvalue weighted by molar-refractivity contribution is -0.136. The first-order chi connectivity index (χ1) is 7.45. The van der Waals surface area contributed by atoms with Gasteiger partial charge in [0, 0.05) is 4.90 Å². The standard InChI is InChI=1S/C13H18O2S/c1-5-11(13(14)15)16-12-9(3)6-8(2)7-10(12)4/h6-7,11H,5H2,1-4H3,(H,14,15). The van der Waals surface area contributed by atoms with Gasteiger partial charge in [-0.3, -0.25) is 4.79 Å². The van der Waals surface area contributed by atoms with Gasteiger partial charge in [0.1, 0.15) is 5.25 Å². The normalized spacial score (nSPS) is 12.5. The molecular formula is C13H18O2S. The number of hydrogen-bond donors (Lipinski definition) is 1. The topological polar surface area (TPSA) is 37.3 Å². The number of aryl methyl sites for hydroxylation is 3. The van der Waals surface area contributed by atoms with E-state index in [9.17, 15) is 4.79 Å². The van der Waals surface area contributed by atoms with Crippen molar-refractivity contribution in [1.29, 1.82) is 0 Å². The van der Waals surface area contributed by atoms with Gasteiger partial charge in [0.25, 0.3) is 0 Å². The van der Waals surface area contributed by atoms with Crippen LogP contribution in [0.1, 0.15) is 30.0 Å². The lowest BCUT2D eigenvalue weighted by Gasteiger charge is -2.14. The van der Waals surface area contributed by atoms with Gasteiger partial charge in [-0.05, 0) is 38.3 Å². The molecule has 0 saturated heterocycles. The van der Waals surface area contributed by atoms with Crippen molar-refractivity contribution in [3.05, 3.63) is 28.8 Å². The minimum Gasteiger partial charge on any atom is -0.480 e. The minimum atomic E-state index is -0.730. The SMILES string of the molecule is CCC(Sc1c(C)cc(C)cc1C)C(=O)O. The van der Waals surface area contributed by atoms with Crippen molar-refractivity contribution in [2.24, 2.45) is 0 Å². The second-order valence-electron chi connectivity index (χ2n) is 4.08. The smallest absolute Gasteiger partial charge is 0.316 e. The number of thioether (sulfide) groups is 1. The Kier molecular flexibility index (Phi) is 4.42. The lowest BCUT2D eigenvalue weighted by Crippen LogP contribution is -2.15. The van der Waals surface area contributed by atoms with Gasteiger partial charge in [0.05, 0.1) is 0 Å². The van der Waals surface area contributed by atoms with Crippen molar-refractivity contribution in [2.45, 2.75) is 44.3 Å². The van der Waals surface area contributed by atoms with Crippen LogP contribution in [-0.2, 0) is 4.79 Å². The monoisotopic (exact) mass is 238 g/mol. The first-order valence-corrected chi connectivity index (χ1v) is 6.31. The van der Waals surface area contributed by atoms with Crippen LogP contribution in [0, 0.1) is 20.8 Å². The quantitative estimate of drug-likeness (QED) is 0.815. The zero-order chi connectivity index (χ0) is 12.3. The van der Waals surface area contributed by atoms with E-state index in [2.05, 4.69) is 19.1 Å². The molecule has 1 unspecified atom stereocenters. The lowest BCUT2D eigenvalue weighted by atomic mass is 10.1. The van der Waals surface area contributed by atoms with Gasteiger partial charge in [0.15, 0.2) is 0 Å². The summed E-state index contributed by atoms with van der Waals surface area (Å²) in [6, 6.07) is 4.20. The highest BCUT2D eigenvalue weighted by atomic mass is 32.2.